The number of anilines is 1. The maximum atomic E-state index is 13.7. The molecule has 2 heterocycles. The zero-order valence-corrected chi connectivity index (χ0v) is 19.0. The summed E-state index contributed by atoms with van der Waals surface area (Å²) in [6, 6.07) is 21.0. The van der Waals surface area contributed by atoms with Crippen LogP contribution in [-0.2, 0) is 11.1 Å². The molecule has 32 heavy (non-hydrogen) atoms. The van der Waals surface area contributed by atoms with Crippen molar-refractivity contribution in [3.8, 4) is 0 Å². The normalized spacial score (nSPS) is 21.2. The highest BCUT2D eigenvalue weighted by molar-refractivity contribution is 5.99. The van der Waals surface area contributed by atoms with Gasteiger partial charge in [0.2, 0.25) is 0 Å². The summed E-state index contributed by atoms with van der Waals surface area (Å²) in [5.41, 5.74) is 2.55. The fourth-order valence-electron chi connectivity index (χ4n) is 5.48. The van der Waals surface area contributed by atoms with E-state index < -0.39 is 0 Å². The standard InChI is InChI=1S/C27H32N4O/c1-26(2)18-23(20-12-6-3-7-13-20)29-24-22(19-28-31(24)26)25(32)30-27(16-10-5-11-17-27)21-14-8-4-9-15-21/h3-4,6-9,12-15,19,23,29H,5,10-11,16-18H2,1-2H3,(H,30,32). The molecule has 0 bridgehead atoms. The number of hydrogen-bond acceptors (Lipinski definition) is 3. The Morgan fingerprint density at radius 2 is 1.66 bits per heavy atom. The van der Waals surface area contributed by atoms with Gasteiger partial charge in [0.05, 0.1) is 23.3 Å². The van der Waals surface area contributed by atoms with E-state index >= 15 is 0 Å². The molecule has 5 rings (SSSR count). The second-order valence-corrected chi connectivity index (χ2v) is 9.91. The highest BCUT2D eigenvalue weighted by atomic mass is 16.1. The Bertz CT molecular complexity index is 1080. The second kappa shape index (κ2) is 8.12. The number of hydrogen-bond donors (Lipinski definition) is 2. The summed E-state index contributed by atoms with van der Waals surface area (Å²) in [5, 5.41) is 11.7. The number of rotatable bonds is 4. The first kappa shape index (κ1) is 20.8. The van der Waals surface area contributed by atoms with Gasteiger partial charge >= 0.3 is 0 Å². The molecule has 1 amide bonds. The van der Waals surface area contributed by atoms with E-state index in [-0.39, 0.29) is 23.0 Å². The average molecular weight is 429 g/mol. The molecule has 2 N–H and O–H groups in total. The molecule has 1 aliphatic heterocycles. The lowest BCUT2D eigenvalue weighted by Crippen LogP contribution is -2.47. The zero-order chi connectivity index (χ0) is 22.2. The minimum Gasteiger partial charge on any atom is -0.363 e. The van der Waals surface area contributed by atoms with E-state index in [9.17, 15) is 4.79 Å². The monoisotopic (exact) mass is 428 g/mol. The lowest BCUT2D eigenvalue weighted by Gasteiger charge is -2.40. The van der Waals surface area contributed by atoms with E-state index in [4.69, 9.17) is 0 Å². The summed E-state index contributed by atoms with van der Waals surface area (Å²) < 4.78 is 1.98. The summed E-state index contributed by atoms with van der Waals surface area (Å²) in [6.45, 7) is 4.38. The van der Waals surface area contributed by atoms with Crippen molar-refractivity contribution in [2.75, 3.05) is 5.32 Å². The van der Waals surface area contributed by atoms with Gasteiger partial charge in [-0.25, -0.2) is 4.68 Å². The van der Waals surface area contributed by atoms with Gasteiger partial charge in [0.15, 0.2) is 0 Å². The SMILES string of the molecule is CC1(C)CC(c2ccccc2)Nc2c(C(=O)NC3(c4ccccc4)CCCCC3)cnn21. The van der Waals surface area contributed by atoms with Gasteiger partial charge in [-0.3, -0.25) is 4.79 Å². The molecule has 1 fully saturated rings. The topological polar surface area (TPSA) is 59.0 Å². The molecule has 0 radical (unpaired) electrons. The van der Waals surface area contributed by atoms with Crippen LogP contribution >= 0.6 is 0 Å². The van der Waals surface area contributed by atoms with Crippen molar-refractivity contribution in [2.45, 2.75) is 69.5 Å². The summed E-state index contributed by atoms with van der Waals surface area (Å²) in [6.07, 6.45) is 8.05. The summed E-state index contributed by atoms with van der Waals surface area (Å²) in [5.74, 6) is 0.764. The lowest BCUT2D eigenvalue weighted by atomic mass is 9.76. The zero-order valence-electron chi connectivity index (χ0n) is 19.0. The molecule has 5 nitrogen and oxygen atoms in total. The molecular weight excluding hydrogens is 396 g/mol. The maximum Gasteiger partial charge on any atom is 0.257 e. The molecule has 0 spiro atoms. The number of nitrogens with zero attached hydrogens (tertiary/aromatic N) is 2. The van der Waals surface area contributed by atoms with Crippen molar-refractivity contribution in [1.82, 2.24) is 15.1 Å². The van der Waals surface area contributed by atoms with Crippen LogP contribution in [0.25, 0.3) is 0 Å². The fourth-order valence-corrected chi connectivity index (χ4v) is 5.48. The summed E-state index contributed by atoms with van der Waals surface area (Å²) in [4.78, 5) is 13.7. The van der Waals surface area contributed by atoms with Crippen LogP contribution in [-0.4, -0.2) is 15.7 Å². The third kappa shape index (κ3) is 3.70. The molecule has 1 saturated carbocycles. The lowest BCUT2D eigenvalue weighted by molar-refractivity contribution is 0.0866. The molecule has 1 atom stereocenters. The number of nitrogens with one attached hydrogen (secondary N) is 2. The summed E-state index contributed by atoms with van der Waals surface area (Å²) >= 11 is 0. The number of carbonyl (C=O) groups excluding carboxylic acids is 1. The minimum absolute atomic E-state index is 0.0472. The van der Waals surface area contributed by atoms with Crippen LogP contribution in [0.15, 0.2) is 66.9 Å². The van der Waals surface area contributed by atoms with Gasteiger partial charge in [-0.15, -0.1) is 0 Å². The smallest absolute Gasteiger partial charge is 0.257 e. The highest BCUT2D eigenvalue weighted by Crippen LogP contribution is 2.41. The Kier molecular flexibility index (Phi) is 5.28. The van der Waals surface area contributed by atoms with Crippen LogP contribution in [0.1, 0.15) is 79.9 Å². The maximum absolute atomic E-state index is 13.7. The number of fused-ring (bicyclic) bond motifs is 1. The van der Waals surface area contributed by atoms with Gasteiger partial charge in [-0.2, -0.15) is 5.10 Å². The first-order valence-electron chi connectivity index (χ1n) is 11.8. The van der Waals surface area contributed by atoms with Crippen LogP contribution in [0.5, 0.6) is 0 Å². The quantitative estimate of drug-likeness (QED) is 0.555. The Morgan fingerprint density at radius 1 is 1.00 bits per heavy atom. The molecule has 166 valence electrons. The Hall–Kier alpha value is -3.08. The molecule has 1 aromatic heterocycles. The van der Waals surface area contributed by atoms with Crippen molar-refractivity contribution in [2.24, 2.45) is 0 Å². The van der Waals surface area contributed by atoms with Crippen molar-refractivity contribution >= 4 is 11.7 Å². The van der Waals surface area contributed by atoms with Crippen LogP contribution in [0.3, 0.4) is 0 Å². The fraction of sp³-hybridized carbons (Fsp3) is 0.407. The second-order valence-electron chi connectivity index (χ2n) is 9.91. The molecule has 1 unspecified atom stereocenters. The van der Waals surface area contributed by atoms with E-state index in [1.165, 1.54) is 17.5 Å². The van der Waals surface area contributed by atoms with E-state index in [1.807, 2.05) is 16.8 Å². The molecule has 2 aromatic carbocycles. The van der Waals surface area contributed by atoms with E-state index in [1.54, 1.807) is 6.20 Å². The largest absolute Gasteiger partial charge is 0.363 e. The minimum atomic E-state index is -0.311. The first-order chi connectivity index (χ1) is 15.5. The van der Waals surface area contributed by atoms with Gasteiger partial charge in [0.1, 0.15) is 11.4 Å². The first-order valence-corrected chi connectivity index (χ1v) is 11.8. The molecule has 2 aliphatic rings. The van der Waals surface area contributed by atoms with E-state index in [2.05, 4.69) is 78.1 Å². The van der Waals surface area contributed by atoms with Crippen LogP contribution < -0.4 is 10.6 Å². The number of benzene rings is 2. The highest BCUT2D eigenvalue weighted by Gasteiger charge is 2.39. The van der Waals surface area contributed by atoms with Gasteiger partial charge in [-0.05, 0) is 44.2 Å². The Morgan fingerprint density at radius 3 is 2.34 bits per heavy atom. The van der Waals surface area contributed by atoms with Gasteiger partial charge < -0.3 is 10.6 Å². The van der Waals surface area contributed by atoms with Crippen molar-refractivity contribution < 1.29 is 4.79 Å². The average Bonchev–Trinajstić information content (AvgIpc) is 3.26. The molecule has 0 saturated heterocycles. The van der Waals surface area contributed by atoms with Crippen LogP contribution in [0, 0.1) is 0 Å². The van der Waals surface area contributed by atoms with Gasteiger partial charge in [-0.1, -0.05) is 79.9 Å². The van der Waals surface area contributed by atoms with E-state index in [0.29, 0.717) is 5.56 Å². The van der Waals surface area contributed by atoms with Crippen LogP contribution in [0.2, 0.25) is 0 Å². The van der Waals surface area contributed by atoms with Crippen molar-refractivity contribution in [3.63, 3.8) is 0 Å². The van der Waals surface area contributed by atoms with Crippen molar-refractivity contribution in [3.05, 3.63) is 83.6 Å². The predicted molar refractivity (Wildman–Crippen MR) is 128 cm³/mol. The Labute approximate surface area is 190 Å². The third-order valence-corrected chi connectivity index (χ3v) is 7.19. The van der Waals surface area contributed by atoms with E-state index in [0.717, 1.165) is 37.9 Å². The molecule has 5 heteroatoms. The van der Waals surface area contributed by atoms with Crippen LogP contribution in [0.4, 0.5) is 5.82 Å². The number of aromatic nitrogens is 2. The van der Waals surface area contributed by atoms with Crippen molar-refractivity contribution in [1.29, 1.82) is 0 Å². The number of amides is 1. The Balaban J connectivity index is 1.47. The van der Waals surface area contributed by atoms with Gasteiger partial charge in [0, 0.05) is 0 Å². The molecule has 3 aromatic rings. The predicted octanol–water partition coefficient (Wildman–Crippen LogP) is 5.76. The third-order valence-electron chi connectivity index (χ3n) is 7.19. The number of carbonyl (C=O) groups is 1. The van der Waals surface area contributed by atoms with Gasteiger partial charge in [0.25, 0.3) is 5.91 Å². The molecular formula is C27H32N4O. The summed E-state index contributed by atoms with van der Waals surface area (Å²) in [7, 11) is 0. The molecule has 1 aliphatic carbocycles.